The Balaban J connectivity index is 2.47. The third-order valence-corrected chi connectivity index (χ3v) is 3.29. The number of nitrogens with zero attached hydrogens (tertiary/aromatic N) is 1. The van der Waals surface area contributed by atoms with Gasteiger partial charge in [-0.15, -0.1) is 0 Å². The molecule has 0 heterocycles. The Bertz CT molecular complexity index is 315. The molecule has 1 rings (SSSR count). The van der Waals surface area contributed by atoms with Crippen LogP contribution in [0.4, 0.5) is 0 Å². The minimum atomic E-state index is 0.971. The first-order valence-corrected chi connectivity index (χ1v) is 7.61. The van der Waals surface area contributed by atoms with Crippen molar-refractivity contribution >= 4 is 11.8 Å². The van der Waals surface area contributed by atoms with Crippen LogP contribution in [0.2, 0.25) is 0 Å². The second kappa shape index (κ2) is 8.56. The van der Waals surface area contributed by atoms with Crippen molar-refractivity contribution in [1.29, 1.82) is 0 Å². The summed E-state index contributed by atoms with van der Waals surface area (Å²) in [6, 6.07) is 8.86. The van der Waals surface area contributed by atoms with Gasteiger partial charge in [0, 0.05) is 25.4 Å². The number of hydrogen-bond acceptors (Lipinski definition) is 3. The van der Waals surface area contributed by atoms with Gasteiger partial charge in [0.1, 0.15) is 0 Å². The van der Waals surface area contributed by atoms with Gasteiger partial charge in [-0.2, -0.15) is 11.8 Å². The number of benzene rings is 1. The molecule has 17 heavy (non-hydrogen) atoms. The van der Waals surface area contributed by atoms with E-state index in [0.717, 1.165) is 26.2 Å². The van der Waals surface area contributed by atoms with E-state index in [-0.39, 0.29) is 0 Å². The monoisotopic (exact) mass is 252 g/mol. The molecule has 0 atom stereocenters. The van der Waals surface area contributed by atoms with Gasteiger partial charge in [0.15, 0.2) is 0 Å². The van der Waals surface area contributed by atoms with E-state index in [1.807, 2.05) is 11.8 Å². The first kappa shape index (κ1) is 14.6. The lowest BCUT2D eigenvalue weighted by Crippen LogP contribution is -2.20. The smallest absolute Gasteiger partial charge is 0.0231 e. The summed E-state index contributed by atoms with van der Waals surface area (Å²) in [6.07, 6.45) is 2.16. The molecule has 0 aromatic heterocycles. The quantitative estimate of drug-likeness (QED) is 0.765. The Morgan fingerprint density at radius 3 is 2.76 bits per heavy atom. The van der Waals surface area contributed by atoms with Crippen molar-refractivity contribution in [3.05, 3.63) is 35.4 Å². The predicted octanol–water partition coefficient (Wildman–Crippen LogP) is 2.59. The second-order valence-electron chi connectivity index (χ2n) is 4.33. The largest absolute Gasteiger partial charge is 0.313 e. The van der Waals surface area contributed by atoms with Crippen LogP contribution in [0.25, 0.3) is 0 Å². The van der Waals surface area contributed by atoms with Crippen LogP contribution < -0.4 is 5.32 Å². The molecule has 1 aromatic rings. The summed E-state index contributed by atoms with van der Waals surface area (Å²) in [7, 11) is 2.19. The number of hydrogen-bond donors (Lipinski definition) is 1. The van der Waals surface area contributed by atoms with Gasteiger partial charge in [-0.3, -0.25) is 0 Å². The van der Waals surface area contributed by atoms with Crippen LogP contribution >= 0.6 is 11.8 Å². The first-order valence-electron chi connectivity index (χ1n) is 6.22. The predicted molar refractivity (Wildman–Crippen MR) is 78.5 cm³/mol. The van der Waals surface area contributed by atoms with E-state index in [1.165, 1.54) is 16.9 Å². The molecule has 0 amide bonds. The Labute approximate surface area is 110 Å². The Morgan fingerprint density at radius 2 is 2.06 bits per heavy atom. The van der Waals surface area contributed by atoms with Crippen LogP contribution in [0, 0.1) is 0 Å². The lowest BCUT2D eigenvalue weighted by atomic mass is 10.1. The third-order valence-electron chi connectivity index (χ3n) is 2.70. The molecule has 0 spiro atoms. The summed E-state index contributed by atoms with van der Waals surface area (Å²) < 4.78 is 0. The number of rotatable bonds is 8. The summed E-state index contributed by atoms with van der Waals surface area (Å²) in [6.45, 7) is 6.33. The van der Waals surface area contributed by atoms with E-state index < -0.39 is 0 Å². The normalized spacial score (nSPS) is 11.1. The van der Waals surface area contributed by atoms with Crippen LogP contribution in [-0.4, -0.2) is 37.0 Å². The maximum atomic E-state index is 3.36. The van der Waals surface area contributed by atoms with Crippen LogP contribution in [0.5, 0.6) is 0 Å². The maximum Gasteiger partial charge on any atom is 0.0231 e. The average Bonchev–Trinajstić information content (AvgIpc) is 2.34. The van der Waals surface area contributed by atoms with Gasteiger partial charge >= 0.3 is 0 Å². The Kier molecular flexibility index (Phi) is 7.33. The minimum Gasteiger partial charge on any atom is -0.313 e. The SMILES string of the molecule is CCNCc1cccc(CN(C)CCSC)c1. The molecule has 0 aliphatic heterocycles. The van der Waals surface area contributed by atoms with E-state index in [4.69, 9.17) is 0 Å². The topological polar surface area (TPSA) is 15.3 Å². The molecule has 3 heteroatoms. The van der Waals surface area contributed by atoms with Crippen molar-refractivity contribution in [3.8, 4) is 0 Å². The standard InChI is InChI=1S/C14H24N2S/c1-4-15-11-13-6-5-7-14(10-13)12-16(2)8-9-17-3/h5-7,10,15H,4,8-9,11-12H2,1-3H3. The highest BCUT2D eigenvalue weighted by molar-refractivity contribution is 7.98. The molecule has 0 saturated carbocycles. The molecule has 1 N–H and O–H groups in total. The zero-order chi connectivity index (χ0) is 12.5. The van der Waals surface area contributed by atoms with Crippen molar-refractivity contribution < 1.29 is 0 Å². The molecule has 1 aromatic carbocycles. The highest BCUT2D eigenvalue weighted by atomic mass is 32.2. The van der Waals surface area contributed by atoms with Crippen molar-refractivity contribution in [2.24, 2.45) is 0 Å². The van der Waals surface area contributed by atoms with Gasteiger partial charge < -0.3 is 10.2 Å². The molecule has 0 radical (unpaired) electrons. The van der Waals surface area contributed by atoms with Gasteiger partial charge in [-0.05, 0) is 31.0 Å². The molecule has 2 nitrogen and oxygen atoms in total. The molecule has 0 aliphatic carbocycles. The molecule has 0 aliphatic rings. The van der Waals surface area contributed by atoms with E-state index in [2.05, 4.69) is 54.7 Å². The minimum absolute atomic E-state index is 0.971. The van der Waals surface area contributed by atoms with Crippen molar-refractivity contribution in [1.82, 2.24) is 10.2 Å². The summed E-state index contributed by atoms with van der Waals surface area (Å²) in [5, 5.41) is 3.36. The lowest BCUT2D eigenvalue weighted by Gasteiger charge is -2.16. The van der Waals surface area contributed by atoms with Crippen molar-refractivity contribution in [3.63, 3.8) is 0 Å². The molecular weight excluding hydrogens is 228 g/mol. The lowest BCUT2D eigenvalue weighted by molar-refractivity contribution is 0.348. The van der Waals surface area contributed by atoms with Crippen LogP contribution in [0.15, 0.2) is 24.3 Å². The Hall–Kier alpha value is -0.510. The highest BCUT2D eigenvalue weighted by Crippen LogP contribution is 2.08. The van der Waals surface area contributed by atoms with Gasteiger partial charge in [0.05, 0.1) is 0 Å². The fourth-order valence-corrected chi connectivity index (χ4v) is 2.24. The van der Waals surface area contributed by atoms with Crippen LogP contribution in [0.3, 0.4) is 0 Å². The summed E-state index contributed by atoms with van der Waals surface area (Å²) in [5.41, 5.74) is 2.78. The summed E-state index contributed by atoms with van der Waals surface area (Å²) in [4.78, 5) is 2.38. The van der Waals surface area contributed by atoms with Gasteiger partial charge in [-0.1, -0.05) is 31.2 Å². The van der Waals surface area contributed by atoms with Crippen LogP contribution in [-0.2, 0) is 13.1 Å². The number of nitrogens with one attached hydrogen (secondary N) is 1. The Morgan fingerprint density at radius 1 is 1.29 bits per heavy atom. The van der Waals surface area contributed by atoms with Gasteiger partial charge in [0.25, 0.3) is 0 Å². The first-order chi connectivity index (χ1) is 8.26. The molecule has 0 unspecified atom stereocenters. The molecule has 0 saturated heterocycles. The molecular formula is C14H24N2S. The molecule has 96 valence electrons. The number of thioether (sulfide) groups is 1. The average molecular weight is 252 g/mol. The van der Waals surface area contributed by atoms with E-state index >= 15 is 0 Å². The summed E-state index contributed by atoms with van der Waals surface area (Å²) in [5.74, 6) is 1.20. The van der Waals surface area contributed by atoms with Crippen molar-refractivity contribution in [2.75, 3.05) is 32.1 Å². The molecule has 0 fully saturated rings. The van der Waals surface area contributed by atoms with E-state index in [0.29, 0.717) is 0 Å². The second-order valence-corrected chi connectivity index (χ2v) is 5.32. The van der Waals surface area contributed by atoms with E-state index in [1.54, 1.807) is 0 Å². The van der Waals surface area contributed by atoms with Crippen LogP contribution in [0.1, 0.15) is 18.1 Å². The zero-order valence-corrected chi connectivity index (χ0v) is 12.0. The highest BCUT2D eigenvalue weighted by Gasteiger charge is 2.00. The maximum absolute atomic E-state index is 3.36. The molecule has 0 bridgehead atoms. The van der Waals surface area contributed by atoms with Crippen molar-refractivity contribution in [2.45, 2.75) is 20.0 Å². The fourth-order valence-electron chi connectivity index (χ4n) is 1.75. The zero-order valence-electron chi connectivity index (χ0n) is 11.2. The summed E-state index contributed by atoms with van der Waals surface area (Å²) >= 11 is 1.90. The van der Waals surface area contributed by atoms with Gasteiger partial charge in [0.2, 0.25) is 0 Å². The van der Waals surface area contributed by atoms with E-state index in [9.17, 15) is 0 Å². The fraction of sp³-hybridized carbons (Fsp3) is 0.571. The third kappa shape index (κ3) is 6.10. The van der Waals surface area contributed by atoms with Gasteiger partial charge in [-0.25, -0.2) is 0 Å².